The minimum Gasteiger partial charge on any atom is -0.476 e. The van der Waals surface area contributed by atoms with Crippen LogP contribution in [0.15, 0.2) is 52.7 Å². The smallest absolute Gasteiger partial charge is 0.355 e. The number of hydrogen-bond donors (Lipinski definition) is 2. The summed E-state index contributed by atoms with van der Waals surface area (Å²) in [4.78, 5) is 15.4. The van der Waals surface area contributed by atoms with E-state index in [-0.39, 0.29) is 12.1 Å². The van der Waals surface area contributed by atoms with E-state index in [2.05, 4.69) is 23.7 Å². The molecule has 6 rings (SSSR count). The number of carboxylic acids is 1. The molecule has 2 aromatic heterocycles. The SMILES string of the molecule is CC(C#Cc1cccc(-c2nn(-c3nc(C(=O)O)cs3)c(CCC3CC3)c2Cc2ccc(S(N)(=O)=O)c(F)c2)c1)C1CC1. The first-order valence-electron chi connectivity index (χ1n) is 14.3. The molecule has 11 heteroatoms. The molecule has 2 saturated carbocycles. The topological polar surface area (TPSA) is 128 Å². The molecule has 1 unspecified atom stereocenters. The third-order valence-corrected chi connectivity index (χ3v) is 9.82. The monoisotopic (exact) mass is 618 g/mol. The molecule has 0 aliphatic heterocycles. The molecule has 0 bridgehead atoms. The van der Waals surface area contributed by atoms with Gasteiger partial charge in [-0.15, -0.1) is 11.3 Å². The molecule has 43 heavy (non-hydrogen) atoms. The fraction of sp³-hybridized carbons (Fsp3) is 0.344. The van der Waals surface area contributed by atoms with E-state index in [9.17, 15) is 22.7 Å². The third-order valence-electron chi connectivity index (χ3n) is 8.06. The minimum atomic E-state index is -4.21. The number of benzene rings is 2. The van der Waals surface area contributed by atoms with Crippen molar-refractivity contribution in [3.05, 3.63) is 81.7 Å². The Labute approximate surface area is 253 Å². The van der Waals surface area contributed by atoms with E-state index in [1.165, 1.54) is 41.7 Å². The highest BCUT2D eigenvalue weighted by Gasteiger charge is 2.28. The van der Waals surface area contributed by atoms with Crippen LogP contribution < -0.4 is 5.14 Å². The van der Waals surface area contributed by atoms with Gasteiger partial charge in [-0.2, -0.15) is 5.10 Å². The Bertz CT molecular complexity index is 1880. The molecule has 1 atom stereocenters. The van der Waals surface area contributed by atoms with Gasteiger partial charge in [0.05, 0.1) is 11.4 Å². The zero-order valence-electron chi connectivity index (χ0n) is 23.6. The van der Waals surface area contributed by atoms with Crippen LogP contribution in [0.25, 0.3) is 16.4 Å². The number of rotatable bonds is 10. The first-order valence-corrected chi connectivity index (χ1v) is 16.7. The van der Waals surface area contributed by atoms with E-state index in [0.717, 1.165) is 41.6 Å². The standard InChI is InChI=1S/C32H31FN4O4S2/c1-19(23-11-12-23)5-6-21-3-2-4-24(15-21)30-25(16-22-10-14-29(26(33)17-22)43(34,40)41)28(13-9-20-7-8-20)37(36-30)32-35-27(18-42-32)31(38)39/h2-4,10,14-15,17-20,23H,7-9,11-13,16H2,1H3,(H,38,39)(H2,34,40,41). The summed E-state index contributed by atoms with van der Waals surface area (Å²) < 4.78 is 40.2. The Morgan fingerprint density at radius 1 is 1.21 bits per heavy atom. The van der Waals surface area contributed by atoms with Crippen LogP contribution in [0, 0.1) is 35.4 Å². The summed E-state index contributed by atoms with van der Waals surface area (Å²) in [5.74, 6) is 6.26. The van der Waals surface area contributed by atoms with Gasteiger partial charge in [-0.05, 0) is 67.3 Å². The number of carbonyl (C=O) groups is 1. The predicted octanol–water partition coefficient (Wildman–Crippen LogP) is 5.81. The van der Waals surface area contributed by atoms with Gasteiger partial charge in [0.1, 0.15) is 10.7 Å². The minimum absolute atomic E-state index is 0.0607. The van der Waals surface area contributed by atoms with Gasteiger partial charge in [0.2, 0.25) is 15.2 Å². The molecule has 222 valence electrons. The maximum Gasteiger partial charge on any atom is 0.355 e. The van der Waals surface area contributed by atoms with E-state index in [1.807, 2.05) is 24.3 Å². The maximum atomic E-state index is 14.9. The molecule has 2 aliphatic carbocycles. The second kappa shape index (κ2) is 11.7. The fourth-order valence-corrected chi connectivity index (χ4v) is 6.63. The first-order chi connectivity index (χ1) is 20.6. The number of thiazole rings is 1. The summed E-state index contributed by atoms with van der Waals surface area (Å²) in [7, 11) is -4.21. The van der Waals surface area contributed by atoms with Crippen molar-refractivity contribution in [1.82, 2.24) is 14.8 Å². The lowest BCUT2D eigenvalue weighted by Gasteiger charge is -2.10. The Kier molecular flexibility index (Phi) is 7.94. The van der Waals surface area contributed by atoms with Crippen LogP contribution >= 0.6 is 11.3 Å². The van der Waals surface area contributed by atoms with Crippen LogP contribution in [0.3, 0.4) is 0 Å². The summed E-state index contributed by atoms with van der Waals surface area (Å²) in [6.45, 7) is 2.15. The van der Waals surface area contributed by atoms with Gasteiger partial charge < -0.3 is 5.11 Å². The number of aromatic nitrogens is 3. The Hall–Kier alpha value is -3.85. The highest BCUT2D eigenvalue weighted by Crippen LogP contribution is 2.38. The summed E-state index contributed by atoms with van der Waals surface area (Å²) >= 11 is 1.19. The molecule has 0 amide bonds. The lowest BCUT2D eigenvalue weighted by Crippen LogP contribution is -2.14. The molecular weight excluding hydrogens is 588 g/mol. The molecule has 8 nitrogen and oxygen atoms in total. The van der Waals surface area contributed by atoms with Gasteiger partial charge in [0.25, 0.3) is 0 Å². The first kappa shape index (κ1) is 29.2. The van der Waals surface area contributed by atoms with Gasteiger partial charge in [-0.3, -0.25) is 0 Å². The molecule has 2 aromatic carbocycles. The van der Waals surface area contributed by atoms with Crippen molar-refractivity contribution in [2.45, 2.75) is 56.8 Å². The second-order valence-corrected chi connectivity index (χ2v) is 13.8. The van der Waals surface area contributed by atoms with Crippen molar-refractivity contribution in [2.24, 2.45) is 22.9 Å². The Morgan fingerprint density at radius 2 is 2.00 bits per heavy atom. The number of nitrogens with two attached hydrogens (primary N) is 1. The molecule has 2 fully saturated rings. The van der Waals surface area contributed by atoms with E-state index in [0.29, 0.717) is 40.6 Å². The number of sulfonamides is 1. The molecule has 0 spiro atoms. The zero-order chi connectivity index (χ0) is 30.3. The van der Waals surface area contributed by atoms with Crippen molar-refractivity contribution in [2.75, 3.05) is 0 Å². The normalized spacial score (nSPS) is 15.6. The van der Waals surface area contributed by atoms with Crippen molar-refractivity contribution >= 4 is 27.3 Å². The van der Waals surface area contributed by atoms with Crippen LogP contribution in [-0.2, 0) is 22.9 Å². The number of primary sulfonamides is 1. The summed E-state index contributed by atoms with van der Waals surface area (Å²) in [5.41, 5.74) is 4.54. The Balaban J connectivity index is 1.47. The predicted molar refractivity (Wildman–Crippen MR) is 162 cm³/mol. The molecule has 2 heterocycles. The summed E-state index contributed by atoms with van der Waals surface area (Å²) in [6, 6.07) is 11.8. The molecule has 0 radical (unpaired) electrons. The second-order valence-electron chi connectivity index (χ2n) is 11.5. The average molecular weight is 619 g/mol. The van der Waals surface area contributed by atoms with E-state index < -0.39 is 26.7 Å². The van der Waals surface area contributed by atoms with Crippen molar-refractivity contribution in [1.29, 1.82) is 0 Å². The van der Waals surface area contributed by atoms with Crippen LogP contribution in [-0.4, -0.2) is 34.3 Å². The fourth-order valence-electron chi connectivity index (χ4n) is 5.27. The summed E-state index contributed by atoms with van der Waals surface area (Å²) in [6.07, 6.45) is 6.64. The molecule has 3 N–H and O–H groups in total. The van der Waals surface area contributed by atoms with E-state index in [4.69, 9.17) is 10.2 Å². The van der Waals surface area contributed by atoms with Gasteiger partial charge in [0.15, 0.2) is 5.69 Å². The maximum absolute atomic E-state index is 14.9. The van der Waals surface area contributed by atoms with E-state index in [1.54, 1.807) is 10.7 Å². The molecule has 0 saturated heterocycles. The number of carboxylic acid groups (broad SMARTS) is 1. The van der Waals surface area contributed by atoms with Gasteiger partial charge >= 0.3 is 5.97 Å². The molecular formula is C32H31FN4O4S2. The van der Waals surface area contributed by atoms with Crippen LogP contribution in [0.5, 0.6) is 0 Å². The van der Waals surface area contributed by atoms with Crippen LogP contribution in [0.1, 0.15) is 71.9 Å². The number of hydrogen-bond acceptors (Lipinski definition) is 6. The van der Waals surface area contributed by atoms with Crippen molar-refractivity contribution in [3.8, 4) is 28.2 Å². The number of nitrogens with zero attached hydrogens (tertiary/aromatic N) is 3. The zero-order valence-corrected chi connectivity index (χ0v) is 25.2. The van der Waals surface area contributed by atoms with E-state index >= 15 is 0 Å². The van der Waals surface area contributed by atoms with Crippen molar-refractivity contribution < 1.29 is 22.7 Å². The lowest BCUT2D eigenvalue weighted by molar-refractivity contribution is 0.0691. The number of halogens is 1. The highest BCUT2D eigenvalue weighted by atomic mass is 32.2. The molecule has 4 aromatic rings. The quantitative estimate of drug-likeness (QED) is 0.216. The summed E-state index contributed by atoms with van der Waals surface area (Å²) in [5, 5.41) is 21.6. The van der Waals surface area contributed by atoms with Crippen LogP contribution in [0.2, 0.25) is 0 Å². The van der Waals surface area contributed by atoms with Crippen molar-refractivity contribution in [3.63, 3.8) is 0 Å². The highest BCUT2D eigenvalue weighted by molar-refractivity contribution is 7.89. The van der Waals surface area contributed by atoms with Crippen LogP contribution in [0.4, 0.5) is 4.39 Å². The Morgan fingerprint density at radius 3 is 2.65 bits per heavy atom. The molecule has 2 aliphatic rings. The van der Waals surface area contributed by atoms with Gasteiger partial charge in [-0.25, -0.2) is 32.4 Å². The van der Waals surface area contributed by atoms with Gasteiger partial charge in [0, 0.05) is 34.4 Å². The van der Waals surface area contributed by atoms with Gasteiger partial charge in [-0.1, -0.05) is 49.8 Å². The average Bonchev–Trinajstić information content (AvgIpc) is 3.89. The third kappa shape index (κ3) is 6.72. The number of aromatic carboxylic acids is 1. The largest absolute Gasteiger partial charge is 0.476 e. The lowest BCUT2D eigenvalue weighted by atomic mass is 9.96.